The highest BCUT2D eigenvalue weighted by atomic mass is 32.2. The minimum atomic E-state index is -1.02. The standard InChI is InChI=1S/C27H22F4NO2S2/c1-14-6-17(7-15(2)18(14)8-16(33)13-32-5-3-4-27(32)34)36-25-11-21(30)19(28)9-23(25)35-24-10-20(29)22(31)12-26(24)36/h6-7,9-12H,3-5,8,13H2,1-2H3/q+1. The maximum Gasteiger partial charge on any atom is 0.223 e. The van der Waals surface area contributed by atoms with Crippen molar-refractivity contribution in [3.8, 4) is 0 Å². The molecule has 3 nitrogen and oxygen atoms in total. The first-order valence-electron chi connectivity index (χ1n) is 11.4. The lowest BCUT2D eigenvalue weighted by molar-refractivity contribution is -0.132. The van der Waals surface area contributed by atoms with E-state index in [1.165, 1.54) is 0 Å². The van der Waals surface area contributed by atoms with Gasteiger partial charge in [-0.15, -0.1) is 0 Å². The van der Waals surface area contributed by atoms with Gasteiger partial charge in [-0.3, -0.25) is 9.59 Å². The number of amides is 1. The summed E-state index contributed by atoms with van der Waals surface area (Å²) >= 11 is 1.08. The second-order valence-electron chi connectivity index (χ2n) is 9.00. The van der Waals surface area contributed by atoms with Crippen molar-refractivity contribution in [1.29, 1.82) is 0 Å². The number of hydrogen-bond acceptors (Lipinski definition) is 3. The van der Waals surface area contributed by atoms with Gasteiger partial charge in [0.05, 0.1) is 16.3 Å². The van der Waals surface area contributed by atoms with Gasteiger partial charge >= 0.3 is 0 Å². The van der Waals surface area contributed by atoms with Crippen molar-refractivity contribution >= 4 is 34.3 Å². The van der Waals surface area contributed by atoms with Crippen LogP contribution in [0, 0.1) is 37.1 Å². The molecule has 0 bridgehead atoms. The molecule has 186 valence electrons. The van der Waals surface area contributed by atoms with Crippen LogP contribution in [0.4, 0.5) is 17.6 Å². The highest BCUT2D eigenvalue weighted by Gasteiger charge is 2.41. The minimum absolute atomic E-state index is 0.00632. The van der Waals surface area contributed by atoms with E-state index >= 15 is 0 Å². The van der Waals surface area contributed by atoms with Crippen molar-refractivity contribution in [1.82, 2.24) is 4.90 Å². The van der Waals surface area contributed by atoms with Gasteiger partial charge in [-0.05, 0) is 61.2 Å². The van der Waals surface area contributed by atoms with Crippen LogP contribution in [0.3, 0.4) is 0 Å². The zero-order valence-electron chi connectivity index (χ0n) is 19.6. The fourth-order valence-electron chi connectivity index (χ4n) is 4.68. The highest BCUT2D eigenvalue weighted by molar-refractivity contribution is 8.04. The molecular weight excluding hydrogens is 510 g/mol. The van der Waals surface area contributed by atoms with Gasteiger partial charge < -0.3 is 4.90 Å². The first-order chi connectivity index (χ1) is 17.1. The number of halogens is 4. The summed E-state index contributed by atoms with van der Waals surface area (Å²) < 4.78 is 56.7. The van der Waals surface area contributed by atoms with Gasteiger partial charge in [0, 0.05) is 31.5 Å². The second-order valence-corrected chi connectivity index (χ2v) is 12.1. The van der Waals surface area contributed by atoms with Gasteiger partial charge in [-0.2, -0.15) is 0 Å². The zero-order valence-corrected chi connectivity index (χ0v) is 21.2. The van der Waals surface area contributed by atoms with E-state index in [1.807, 2.05) is 26.0 Å². The quantitative estimate of drug-likeness (QED) is 0.228. The Morgan fingerprint density at radius 3 is 1.92 bits per heavy atom. The number of benzene rings is 3. The molecule has 0 unspecified atom stereocenters. The molecule has 0 radical (unpaired) electrons. The van der Waals surface area contributed by atoms with Gasteiger partial charge in [-0.1, -0.05) is 11.8 Å². The average molecular weight is 533 g/mol. The largest absolute Gasteiger partial charge is 0.335 e. The van der Waals surface area contributed by atoms with Gasteiger partial charge in [0.25, 0.3) is 0 Å². The summed E-state index contributed by atoms with van der Waals surface area (Å²) in [6, 6.07) is 8.16. The van der Waals surface area contributed by atoms with E-state index in [2.05, 4.69) is 0 Å². The van der Waals surface area contributed by atoms with Crippen molar-refractivity contribution in [2.75, 3.05) is 13.1 Å². The predicted octanol–water partition coefficient (Wildman–Crippen LogP) is 6.15. The normalized spacial score (nSPS) is 15.3. The van der Waals surface area contributed by atoms with Crippen molar-refractivity contribution < 1.29 is 27.2 Å². The molecule has 1 saturated heterocycles. The minimum Gasteiger partial charge on any atom is -0.335 e. The van der Waals surface area contributed by atoms with Crippen LogP contribution in [0.15, 0.2) is 60.9 Å². The Morgan fingerprint density at radius 2 is 1.42 bits per heavy atom. The van der Waals surface area contributed by atoms with Crippen molar-refractivity contribution in [2.45, 2.75) is 57.6 Å². The molecule has 2 heterocycles. The van der Waals surface area contributed by atoms with Crippen LogP contribution in [-0.2, 0) is 26.9 Å². The molecule has 2 aliphatic heterocycles. The molecule has 1 fully saturated rings. The van der Waals surface area contributed by atoms with E-state index in [1.54, 1.807) is 4.90 Å². The Hall–Kier alpha value is -2.78. The molecule has 5 rings (SSSR count). The lowest BCUT2D eigenvalue weighted by Crippen LogP contribution is -2.31. The monoisotopic (exact) mass is 532 g/mol. The van der Waals surface area contributed by atoms with Gasteiger partial charge in [-0.25, -0.2) is 17.6 Å². The summed E-state index contributed by atoms with van der Waals surface area (Å²) in [5.74, 6) is -4.10. The van der Waals surface area contributed by atoms with Crippen LogP contribution in [0.1, 0.15) is 29.5 Å². The smallest absolute Gasteiger partial charge is 0.223 e. The number of hydrogen-bond donors (Lipinski definition) is 0. The fourth-order valence-corrected chi connectivity index (χ4v) is 8.61. The number of carbonyl (C=O) groups is 2. The number of fused-ring (bicyclic) bond motifs is 2. The lowest BCUT2D eigenvalue weighted by atomic mass is 9.98. The van der Waals surface area contributed by atoms with Crippen LogP contribution >= 0.6 is 11.8 Å². The molecule has 0 N–H and O–H groups in total. The summed E-state index contributed by atoms with van der Waals surface area (Å²) in [6.45, 7) is 4.40. The summed E-state index contributed by atoms with van der Waals surface area (Å²) in [5, 5.41) is 0. The molecule has 1 amide bonds. The van der Waals surface area contributed by atoms with E-state index in [9.17, 15) is 27.2 Å². The molecule has 3 aromatic rings. The Labute approximate surface area is 213 Å². The molecule has 0 spiro atoms. The molecule has 0 saturated carbocycles. The van der Waals surface area contributed by atoms with Gasteiger partial charge in [0.2, 0.25) is 5.91 Å². The third-order valence-electron chi connectivity index (χ3n) is 6.45. The third-order valence-corrected chi connectivity index (χ3v) is 10.1. The number of rotatable bonds is 5. The summed E-state index contributed by atoms with van der Waals surface area (Å²) in [7, 11) is -1.02. The topological polar surface area (TPSA) is 37.4 Å². The molecular formula is C27H22F4NO2S2+. The second kappa shape index (κ2) is 9.59. The first kappa shape index (κ1) is 24.9. The number of nitrogens with zero attached hydrogens (tertiary/aromatic N) is 1. The van der Waals surface area contributed by atoms with E-state index < -0.39 is 34.2 Å². The number of likely N-dealkylation sites (tertiary alicyclic amines) is 1. The van der Waals surface area contributed by atoms with Crippen molar-refractivity contribution in [2.24, 2.45) is 0 Å². The SMILES string of the molecule is Cc1cc([S+]2c3cc(F)c(F)cc3Sc3cc(F)c(F)cc32)cc(C)c1CC(=O)CN1CCCC1=O. The van der Waals surface area contributed by atoms with Crippen molar-refractivity contribution in [3.63, 3.8) is 0 Å². The van der Waals surface area contributed by atoms with Gasteiger partial charge in [0.1, 0.15) is 10.9 Å². The van der Waals surface area contributed by atoms with Crippen LogP contribution in [0.5, 0.6) is 0 Å². The number of carbonyl (C=O) groups excluding carboxylic acids is 2. The summed E-state index contributed by atoms with van der Waals surface area (Å²) in [5.41, 5.74) is 2.48. The molecule has 3 aromatic carbocycles. The van der Waals surface area contributed by atoms with Crippen LogP contribution in [-0.4, -0.2) is 29.7 Å². The Morgan fingerprint density at radius 1 is 0.889 bits per heavy atom. The average Bonchev–Trinajstić information content (AvgIpc) is 3.21. The van der Waals surface area contributed by atoms with E-state index in [0.717, 1.165) is 64.0 Å². The number of ketones is 1. The Bertz CT molecular complexity index is 1340. The Balaban J connectivity index is 1.54. The van der Waals surface area contributed by atoms with Crippen molar-refractivity contribution in [3.05, 3.63) is 76.4 Å². The predicted molar refractivity (Wildman–Crippen MR) is 129 cm³/mol. The fraction of sp³-hybridized carbons (Fsp3) is 0.259. The molecule has 9 heteroatoms. The van der Waals surface area contributed by atoms with Crippen LogP contribution in [0.2, 0.25) is 0 Å². The molecule has 0 aromatic heterocycles. The molecule has 2 aliphatic rings. The zero-order chi connectivity index (χ0) is 25.7. The molecule has 36 heavy (non-hydrogen) atoms. The van der Waals surface area contributed by atoms with E-state index in [4.69, 9.17) is 0 Å². The first-order valence-corrected chi connectivity index (χ1v) is 13.5. The van der Waals surface area contributed by atoms with Crippen LogP contribution < -0.4 is 0 Å². The maximum atomic E-state index is 14.3. The van der Waals surface area contributed by atoms with Crippen LogP contribution in [0.25, 0.3) is 0 Å². The van der Waals surface area contributed by atoms with E-state index in [0.29, 0.717) is 32.5 Å². The highest BCUT2D eigenvalue weighted by Crippen LogP contribution is 2.49. The summed E-state index contributed by atoms with van der Waals surface area (Å²) in [6.07, 6.45) is 1.40. The molecule has 0 aliphatic carbocycles. The van der Waals surface area contributed by atoms with Gasteiger partial charge in [0.15, 0.2) is 43.7 Å². The number of aryl methyl sites for hydroxylation is 2. The van der Waals surface area contributed by atoms with E-state index in [-0.39, 0.29) is 24.7 Å². The Kier molecular flexibility index (Phi) is 6.63. The molecule has 0 atom stereocenters. The lowest BCUT2D eigenvalue weighted by Gasteiger charge is -2.21. The maximum absolute atomic E-state index is 14.3. The number of Topliss-reactive ketones (excluding diaryl/α,β-unsaturated/α-hetero) is 1. The summed E-state index contributed by atoms with van der Waals surface area (Å²) in [4.78, 5) is 28.8. The third kappa shape index (κ3) is 4.54.